The van der Waals surface area contributed by atoms with Crippen molar-refractivity contribution in [3.63, 3.8) is 0 Å². The Morgan fingerprint density at radius 3 is 2.00 bits per heavy atom. The van der Waals surface area contributed by atoms with E-state index < -0.39 is 8.80 Å². The molecule has 0 bridgehead atoms. The number of hydrogen-bond acceptors (Lipinski definition) is 2. The van der Waals surface area contributed by atoms with Crippen molar-refractivity contribution in [2.24, 2.45) is 0 Å². The Labute approximate surface area is 120 Å². The Morgan fingerprint density at radius 2 is 1.68 bits per heavy atom. The van der Waals surface area contributed by atoms with Crippen LogP contribution in [0, 0.1) is 0 Å². The van der Waals surface area contributed by atoms with Crippen LogP contribution in [0.5, 0.6) is 0 Å². The standard InChI is InChI=1S/C11H22OSi.C5H8O/c1-9(2)13(10(3)4)11-7-5-6-8-12-11;1-2-4-6-5-3-1/h7,9-10,13H,5-6,8H2,1-4H3;2,4H,1,3,5H2. The fourth-order valence-electron chi connectivity index (χ4n) is 2.72. The molecule has 0 aromatic carbocycles. The summed E-state index contributed by atoms with van der Waals surface area (Å²) in [6.07, 6.45) is 11.0. The van der Waals surface area contributed by atoms with Gasteiger partial charge in [0.15, 0.2) is 0 Å². The number of hydrogen-bond donors (Lipinski definition) is 0. The molecule has 0 radical (unpaired) electrons. The molecule has 0 aromatic heterocycles. The zero-order valence-electron chi connectivity index (χ0n) is 13.0. The smallest absolute Gasteiger partial charge is 0.120 e. The van der Waals surface area contributed by atoms with E-state index in [0.717, 1.165) is 24.3 Å². The molecule has 0 aliphatic carbocycles. The Balaban J connectivity index is 0.000000250. The molecule has 2 heterocycles. The largest absolute Gasteiger partial charge is 0.504 e. The van der Waals surface area contributed by atoms with Gasteiger partial charge in [0.05, 0.1) is 24.9 Å². The van der Waals surface area contributed by atoms with Crippen LogP contribution in [0.4, 0.5) is 0 Å². The summed E-state index contributed by atoms with van der Waals surface area (Å²) in [5.74, 6) is 0. The third-order valence-corrected chi connectivity index (χ3v) is 7.49. The normalized spacial score (nSPS) is 18.6. The SMILES string of the molecule is C1=COCCC1.CC(C)[SiH](C1=CCCCO1)C(C)C. The van der Waals surface area contributed by atoms with Crippen molar-refractivity contribution in [2.75, 3.05) is 13.2 Å². The molecule has 0 unspecified atom stereocenters. The summed E-state index contributed by atoms with van der Waals surface area (Å²) < 4.78 is 10.7. The van der Waals surface area contributed by atoms with Crippen LogP contribution in [0.3, 0.4) is 0 Å². The van der Waals surface area contributed by atoms with E-state index in [9.17, 15) is 0 Å². The molecule has 2 nitrogen and oxygen atoms in total. The fourth-order valence-corrected chi connectivity index (χ4v) is 6.33. The van der Waals surface area contributed by atoms with Gasteiger partial charge in [-0.25, -0.2) is 0 Å². The Bertz CT molecular complexity index is 279. The van der Waals surface area contributed by atoms with Crippen molar-refractivity contribution in [3.05, 3.63) is 23.8 Å². The summed E-state index contributed by atoms with van der Waals surface area (Å²) in [7, 11) is -0.823. The van der Waals surface area contributed by atoms with Crippen LogP contribution in [-0.2, 0) is 9.47 Å². The van der Waals surface area contributed by atoms with Gasteiger partial charge in [-0.15, -0.1) is 0 Å². The maximum Gasteiger partial charge on any atom is 0.120 e. The molecular weight excluding hydrogens is 252 g/mol. The van der Waals surface area contributed by atoms with Crippen LogP contribution in [-0.4, -0.2) is 22.0 Å². The molecule has 110 valence electrons. The lowest BCUT2D eigenvalue weighted by atomic mass is 10.3. The van der Waals surface area contributed by atoms with E-state index in [-0.39, 0.29) is 0 Å². The second kappa shape index (κ2) is 9.24. The molecule has 0 fully saturated rings. The minimum Gasteiger partial charge on any atom is -0.504 e. The monoisotopic (exact) mass is 282 g/mol. The fraction of sp³-hybridized carbons (Fsp3) is 0.750. The van der Waals surface area contributed by atoms with Crippen LogP contribution in [0.1, 0.15) is 53.4 Å². The van der Waals surface area contributed by atoms with Crippen molar-refractivity contribution in [3.8, 4) is 0 Å². The highest BCUT2D eigenvalue weighted by Gasteiger charge is 2.26. The molecule has 3 heteroatoms. The van der Waals surface area contributed by atoms with Gasteiger partial charge >= 0.3 is 0 Å². The third-order valence-electron chi connectivity index (χ3n) is 3.55. The van der Waals surface area contributed by atoms with Gasteiger partial charge in [0.2, 0.25) is 0 Å². The highest BCUT2D eigenvalue weighted by molar-refractivity contribution is 6.68. The van der Waals surface area contributed by atoms with Gasteiger partial charge in [-0.2, -0.15) is 0 Å². The molecule has 0 amide bonds. The van der Waals surface area contributed by atoms with E-state index in [1.807, 2.05) is 6.08 Å². The lowest BCUT2D eigenvalue weighted by Crippen LogP contribution is -2.27. The number of allylic oxidation sites excluding steroid dienone is 2. The Morgan fingerprint density at radius 1 is 1.00 bits per heavy atom. The average molecular weight is 282 g/mol. The maximum atomic E-state index is 5.79. The molecule has 0 spiro atoms. The Hall–Kier alpha value is -0.703. The maximum absolute atomic E-state index is 5.79. The van der Waals surface area contributed by atoms with Crippen molar-refractivity contribution < 1.29 is 9.47 Å². The van der Waals surface area contributed by atoms with E-state index in [1.165, 1.54) is 31.1 Å². The summed E-state index contributed by atoms with van der Waals surface area (Å²) in [6, 6.07) is 0. The van der Waals surface area contributed by atoms with Crippen molar-refractivity contribution in [1.82, 2.24) is 0 Å². The second-order valence-corrected chi connectivity index (χ2v) is 10.3. The van der Waals surface area contributed by atoms with E-state index in [2.05, 4.69) is 33.8 Å². The molecule has 0 saturated carbocycles. The number of ether oxygens (including phenoxy) is 2. The molecule has 0 aromatic rings. The first-order valence-corrected chi connectivity index (χ1v) is 9.63. The summed E-state index contributed by atoms with van der Waals surface area (Å²) in [5, 5.41) is 1.39. The third kappa shape index (κ3) is 6.32. The summed E-state index contributed by atoms with van der Waals surface area (Å²) >= 11 is 0. The van der Waals surface area contributed by atoms with E-state index in [4.69, 9.17) is 9.47 Å². The first kappa shape index (κ1) is 16.4. The van der Waals surface area contributed by atoms with E-state index in [1.54, 1.807) is 6.26 Å². The van der Waals surface area contributed by atoms with Crippen LogP contribution in [0.2, 0.25) is 11.1 Å². The van der Waals surface area contributed by atoms with Crippen LogP contribution in [0.25, 0.3) is 0 Å². The molecule has 2 rings (SSSR count). The van der Waals surface area contributed by atoms with Gasteiger partial charge in [-0.05, 0) is 42.8 Å². The van der Waals surface area contributed by atoms with Crippen molar-refractivity contribution >= 4 is 8.80 Å². The second-order valence-electron chi connectivity index (χ2n) is 6.00. The van der Waals surface area contributed by atoms with Gasteiger partial charge in [0.25, 0.3) is 0 Å². The molecular formula is C16H30O2Si. The minimum atomic E-state index is -0.823. The molecule has 0 saturated heterocycles. The van der Waals surface area contributed by atoms with Gasteiger partial charge in [0.1, 0.15) is 8.80 Å². The quantitative estimate of drug-likeness (QED) is 0.706. The predicted octanol–water partition coefficient (Wildman–Crippen LogP) is 4.58. The van der Waals surface area contributed by atoms with Crippen molar-refractivity contribution in [2.45, 2.75) is 64.5 Å². The van der Waals surface area contributed by atoms with Gasteiger partial charge < -0.3 is 9.47 Å². The van der Waals surface area contributed by atoms with Gasteiger partial charge in [-0.1, -0.05) is 33.8 Å². The van der Waals surface area contributed by atoms with E-state index >= 15 is 0 Å². The summed E-state index contributed by atoms with van der Waals surface area (Å²) in [6.45, 7) is 11.2. The average Bonchev–Trinajstić information content (AvgIpc) is 2.42. The molecule has 19 heavy (non-hydrogen) atoms. The van der Waals surface area contributed by atoms with Crippen LogP contribution >= 0.6 is 0 Å². The summed E-state index contributed by atoms with van der Waals surface area (Å²) in [5.41, 5.74) is 1.65. The molecule has 2 aliphatic rings. The first-order valence-electron chi connectivity index (χ1n) is 7.72. The molecule has 0 atom stereocenters. The van der Waals surface area contributed by atoms with Crippen LogP contribution in [0.15, 0.2) is 23.8 Å². The Kier molecular flexibility index (Phi) is 7.95. The van der Waals surface area contributed by atoms with Crippen molar-refractivity contribution in [1.29, 1.82) is 0 Å². The zero-order chi connectivity index (χ0) is 14.1. The topological polar surface area (TPSA) is 18.5 Å². The first-order chi connectivity index (χ1) is 9.13. The lowest BCUT2D eigenvalue weighted by Gasteiger charge is -2.28. The zero-order valence-corrected chi connectivity index (χ0v) is 14.2. The molecule has 0 N–H and O–H groups in total. The highest BCUT2D eigenvalue weighted by atomic mass is 28.3. The lowest BCUT2D eigenvalue weighted by molar-refractivity contribution is 0.213. The highest BCUT2D eigenvalue weighted by Crippen LogP contribution is 2.28. The summed E-state index contributed by atoms with van der Waals surface area (Å²) in [4.78, 5) is 0. The molecule has 2 aliphatic heterocycles. The van der Waals surface area contributed by atoms with Gasteiger partial charge in [-0.3, -0.25) is 0 Å². The predicted molar refractivity (Wildman–Crippen MR) is 84.9 cm³/mol. The van der Waals surface area contributed by atoms with Crippen LogP contribution < -0.4 is 0 Å². The number of rotatable bonds is 3. The minimum absolute atomic E-state index is 0.823. The van der Waals surface area contributed by atoms with E-state index in [0.29, 0.717) is 0 Å². The van der Waals surface area contributed by atoms with Gasteiger partial charge in [0, 0.05) is 0 Å².